The van der Waals surface area contributed by atoms with E-state index in [4.69, 9.17) is 0 Å². The van der Waals surface area contributed by atoms with E-state index in [1.165, 1.54) is 4.90 Å². The molecule has 7 heteroatoms. The number of benzene rings is 1. The number of carbonyl (C=O) groups is 3. The molecule has 2 aliphatic heterocycles. The van der Waals surface area contributed by atoms with E-state index in [1.807, 2.05) is 12.1 Å². The highest BCUT2D eigenvalue weighted by Gasteiger charge is 2.42. The van der Waals surface area contributed by atoms with Crippen LogP contribution in [0.2, 0.25) is 0 Å². The third-order valence-corrected chi connectivity index (χ3v) is 5.75. The summed E-state index contributed by atoms with van der Waals surface area (Å²) in [5.74, 6) is -0.288. The van der Waals surface area contributed by atoms with Crippen LogP contribution >= 0.6 is 11.3 Å². The van der Waals surface area contributed by atoms with Crippen molar-refractivity contribution in [3.05, 3.63) is 28.8 Å². The number of hydrogen-bond acceptors (Lipinski definition) is 5. The number of imide groups is 1. The lowest BCUT2D eigenvalue weighted by molar-refractivity contribution is -0.144. The minimum atomic E-state index is -0.157. The van der Waals surface area contributed by atoms with Crippen LogP contribution in [-0.2, 0) is 16.0 Å². The highest BCUT2D eigenvalue weighted by Crippen LogP contribution is 2.27. The first-order valence-corrected chi connectivity index (χ1v) is 8.92. The summed E-state index contributed by atoms with van der Waals surface area (Å²) in [6.07, 6.45) is 1.48. The van der Waals surface area contributed by atoms with Crippen LogP contribution < -0.4 is 0 Å². The van der Waals surface area contributed by atoms with Gasteiger partial charge < -0.3 is 4.90 Å². The van der Waals surface area contributed by atoms with Gasteiger partial charge in [0.25, 0.3) is 5.91 Å². The first-order chi connectivity index (χ1) is 11.6. The van der Waals surface area contributed by atoms with Crippen LogP contribution in [0, 0.1) is 0 Å². The van der Waals surface area contributed by atoms with Gasteiger partial charge in [-0.3, -0.25) is 19.3 Å². The molecule has 2 fully saturated rings. The van der Waals surface area contributed by atoms with Gasteiger partial charge in [-0.05, 0) is 24.6 Å². The van der Waals surface area contributed by atoms with Gasteiger partial charge in [0.2, 0.25) is 11.8 Å². The van der Waals surface area contributed by atoms with Gasteiger partial charge in [0.15, 0.2) is 0 Å². The molecule has 2 aliphatic rings. The van der Waals surface area contributed by atoms with Crippen molar-refractivity contribution in [1.82, 2.24) is 14.8 Å². The quantitative estimate of drug-likeness (QED) is 0.797. The molecule has 0 saturated carbocycles. The van der Waals surface area contributed by atoms with E-state index in [9.17, 15) is 14.4 Å². The molecule has 24 heavy (non-hydrogen) atoms. The van der Waals surface area contributed by atoms with Crippen molar-refractivity contribution in [2.75, 3.05) is 13.1 Å². The number of likely N-dealkylation sites (tertiary alicyclic amines) is 2. The number of rotatable bonds is 3. The maximum Gasteiger partial charge on any atom is 0.254 e. The first kappa shape index (κ1) is 15.3. The Bertz CT molecular complexity index is 838. The molecule has 1 aromatic heterocycles. The van der Waals surface area contributed by atoms with E-state index in [2.05, 4.69) is 11.9 Å². The van der Waals surface area contributed by atoms with Crippen LogP contribution in [0.3, 0.4) is 0 Å². The topological polar surface area (TPSA) is 70.6 Å². The summed E-state index contributed by atoms with van der Waals surface area (Å²) in [5, 5.41) is 1.06. The molecular weight excluding hydrogens is 326 g/mol. The van der Waals surface area contributed by atoms with E-state index >= 15 is 0 Å². The molecule has 3 amide bonds. The Kier molecular flexibility index (Phi) is 3.60. The fraction of sp³-hybridized carbons (Fsp3) is 0.412. The number of carbonyl (C=O) groups excluding carboxylic acids is 3. The smallest absolute Gasteiger partial charge is 0.254 e. The van der Waals surface area contributed by atoms with Crippen molar-refractivity contribution in [3.8, 4) is 0 Å². The molecule has 0 atom stereocenters. The fourth-order valence-corrected chi connectivity index (χ4v) is 4.17. The molecule has 0 unspecified atom stereocenters. The zero-order chi connectivity index (χ0) is 16.8. The van der Waals surface area contributed by atoms with Gasteiger partial charge in [0.05, 0.1) is 21.3 Å². The minimum absolute atomic E-state index is 0.0568. The summed E-state index contributed by atoms with van der Waals surface area (Å²) in [6, 6.07) is 5.40. The van der Waals surface area contributed by atoms with Crippen LogP contribution in [0.15, 0.2) is 18.2 Å². The summed E-state index contributed by atoms with van der Waals surface area (Å²) >= 11 is 1.61. The van der Waals surface area contributed by atoms with Crippen molar-refractivity contribution in [1.29, 1.82) is 0 Å². The van der Waals surface area contributed by atoms with Crippen molar-refractivity contribution in [2.45, 2.75) is 32.2 Å². The van der Waals surface area contributed by atoms with Gasteiger partial charge in [-0.1, -0.05) is 6.92 Å². The van der Waals surface area contributed by atoms with Crippen molar-refractivity contribution in [2.24, 2.45) is 0 Å². The van der Waals surface area contributed by atoms with Gasteiger partial charge in [0.1, 0.15) is 0 Å². The zero-order valence-corrected chi connectivity index (χ0v) is 14.1. The average molecular weight is 343 g/mol. The molecule has 0 N–H and O–H groups in total. The molecule has 0 aliphatic carbocycles. The highest BCUT2D eigenvalue weighted by atomic mass is 32.1. The summed E-state index contributed by atoms with van der Waals surface area (Å²) in [6.45, 7) is 2.92. The van der Waals surface area contributed by atoms with Crippen molar-refractivity contribution in [3.63, 3.8) is 0 Å². The first-order valence-electron chi connectivity index (χ1n) is 8.10. The maximum atomic E-state index is 12.6. The maximum absolute atomic E-state index is 12.6. The molecule has 2 aromatic rings. The molecule has 124 valence electrons. The Labute approximate surface area is 143 Å². The molecular formula is C17H17N3O3S. The van der Waals surface area contributed by atoms with Crippen LogP contribution in [0.1, 0.15) is 35.1 Å². The molecule has 0 bridgehead atoms. The van der Waals surface area contributed by atoms with Crippen LogP contribution in [0.5, 0.6) is 0 Å². The summed E-state index contributed by atoms with van der Waals surface area (Å²) in [7, 11) is 0. The predicted octanol–water partition coefficient (Wildman–Crippen LogP) is 1.83. The Balaban J connectivity index is 1.47. The number of hydrogen-bond donors (Lipinski definition) is 0. The molecule has 1 aromatic carbocycles. The normalized spacial score (nSPS) is 18.5. The van der Waals surface area contributed by atoms with Crippen LogP contribution in [0.4, 0.5) is 0 Å². The second-order valence-corrected chi connectivity index (χ2v) is 7.28. The molecule has 0 radical (unpaired) electrons. The lowest BCUT2D eigenvalue weighted by Crippen LogP contribution is -2.62. The minimum Gasteiger partial charge on any atom is -0.334 e. The average Bonchev–Trinajstić information content (AvgIpc) is 3.09. The lowest BCUT2D eigenvalue weighted by Gasteiger charge is -2.43. The number of nitrogens with zero attached hydrogens (tertiary/aromatic N) is 3. The van der Waals surface area contributed by atoms with Gasteiger partial charge in [-0.2, -0.15) is 0 Å². The molecule has 3 heterocycles. The second-order valence-electron chi connectivity index (χ2n) is 6.17. The van der Waals surface area contributed by atoms with Gasteiger partial charge in [0, 0.05) is 31.5 Å². The van der Waals surface area contributed by atoms with Gasteiger partial charge >= 0.3 is 0 Å². The number of fused-ring (bicyclic) bond motifs is 1. The predicted molar refractivity (Wildman–Crippen MR) is 89.8 cm³/mol. The SMILES string of the molecule is CCc1nc2ccc(C(=O)N3CC(N4C(=O)CCC4=O)C3)cc2s1. The van der Waals surface area contributed by atoms with E-state index in [0.717, 1.165) is 21.6 Å². The summed E-state index contributed by atoms with van der Waals surface area (Å²) in [5.41, 5.74) is 1.55. The number of amides is 3. The molecule has 0 spiro atoms. The number of aromatic nitrogens is 1. The standard InChI is InChI=1S/C17H17N3O3S/c1-2-14-18-12-4-3-10(7-13(12)24-14)17(23)19-8-11(9-19)20-15(21)5-6-16(20)22/h3-4,7,11H,2,5-6,8-9H2,1H3. The van der Waals surface area contributed by atoms with Crippen LogP contribution in [0.25, 0.3) is 10.2 Å². The van der Waals surface area contributed by atoms with Gasteiger partial charge in [-0.15, -0.1) is 11.3 Å². The zero-order valence-electron chi connectivity index (χ0n) is 13.3. The Hall–Kier alpha value is -2.28. The summed E-state index contributed by atoms with van der Waals surface area (Å²) in [4.78, 5) is 43.6. The third kappa shape index (κ3) is 2.39. The monoisotopic (exact) mass is 343 g/mol. The molecule has 4 rings (SSSR count). The lowest BCUT2D eigenvalue weighted by atomic mass is 10.0. The largest absolute Gasteiger partial charge is 0.334 e. The summed E-state index contributed by atoms with van der Waals surface area (Å²) < 4.78 is 1.01. The third-order valence-electron chi connectivity index (χ3n) is 4.59. The Morgan fingerprint density at radius 1 is 1.25 bits per heavy atom. The molecule has 2 saturated heterocycles. The molecule has 6 nitrogen and oxygen atoms in total. The van der Waals surface area contributed by atoms with Gasteiger partial charge in [-0.25, -0.2) is 4.98 Å². The fourth-order valence-electron chi connectivity index (χ4n) is 3.22. The van der Waals surface area contributed by atoms with Crippen molar-refractivity contribution >= 4 is 39.3 Å². The van der Waals surface area contributed by atoms with E-state index in [1.54, 1.807) is 22.3 Å². The highest BCUT2D eigenvalue weighted by molar-refractivity contribution is 7.18. The van der Waals surface area contributed by atoms with E-state index in [-0.39, 0.29) is 23.8 Å². The van der Waals surface area contributed by atoms with E-state index in [0.29, 0.717) is 31.5 Å². The van der Waals surface area contributed by atoms with E-state index < -0.39 is 0 Å². The van der Waals surface area contributed by atoms with Crippen LogP contribution in [-0.4, -0.2) is 51.6 Å². The Morgan fingerprint density at radius 3 is 2.62 bits per heavy atom. The second kappa shape index (κ2) is 5.66. The van der Waals surface area contributed by atoms with Crippen molar-refractivity contribution < 1.29 is 14.4 Å². The number of thiazole rings is 1. The number of aryl methyl sites for hydroxylation is 1. The Morgan fingerprint density at radius 2 is 1.96 bits per heavy atom.